The Morgan fingerprint density at radius 1 is 1.00 bits per heavy atom. The number of methoxy groups -OCH3 is 3. The first-order valence-corrected chi connectivity index (χ1v) is 8.59. The van der Waals surface area contributed by atoms with Crippen LogP contribution in [0.1, 0.15) is 10.4 Å². The van der Waals surface area contributed by atoms with Gasteiger partial charge in [-0.05, 0) is 18.2 Å². The van der Waals surface area contributed by atoms with Crippen molar-refractivity contribution < 1.29 is 27.4 Å². The second kappa shape index (κ2) is 7.41. The maximum Gasteiger partial charge on any atom is 0.255 e. The van der Waals surface area contributed by atoms with Gasteiger partial charge in [0.2, 0.25) is 15.8 Å². The van der Waals surface area contributed by atoms with E-state index in [4.69, 9.17) is 19.3 Å². The number of anilines is 1. The molecule has 0 aliphatic rings. The number of ether oxygens (including phenoxy) is 3. The molecule has 0 aliphatic carbocycles. The van der Waals surface area contributed by atoms with Crippen LogP contribution in [0.5, 0.6) is 17.2 Å². The fraction of sp³-hybridized carbons (Fsp3) is 0.188. The van der Waals surface area contributed by atoms with Gasteiger partial charge in [0.25, 0.3) is 5.91 Å². The molecule has 0 saturated heterocycles. The Labute approximate surface area is 145 Å². The topological polar surface area (TPSA) is 117 Å². The Bertz CT molecular complexity index is 870. The number of primary sulfonamides is 1. The standard InChI is InChI=1S/C16H18N2O6S/c1-22-13-8-11(9-14(23-2)15(13)24-3)18-16(19)10-5-4-6-12(7-10)25(17,20)21/h4-9H,1-3H3,(H,18,19)(H2,17,20,21). The molecule has 1 amide bonds. The van der Waals surface area contributed by atoms with Crippen molar-refractivity contribution in [3.05, 3.63) is 42.0 Å². The molecule has 2 aromatic rings. The lowest BCUT2D eigenvalue weighted by atomic mass is 10.2. The van der Waals surface area contributed by atoms with Gasteiger partial charge in [0, 0.05) is 23.4 Å². The van der Waals surface area contributed by atoms with Crippen LogP contribution in [0, 0.1) is 0 Å². The monoisotopic (exact) mass is 366 g/mol. The minimum Gasteiger partial charge on any atom is -0.493 e. The first-order valence-electron chi connectivity index (χ1n) is 7.04. The first kappa shape index (κ1) is 18.6. The molecule has 0 atom stereocenters. The van der Waals surface area contributed by atoms with E-state index in [1.807, 2.05) is 0 Å². The zero-order valence-electron chi connectivity index (χ0n) is 13.9. The van der Waals surface area contributed by atoms with Gasteiger partial charge in [0.05, 0.1) is 26.2 Å². The van der Waals surface area contributed by atoms with Crippen LogP contribution in [0.2, 0.25) is 0 Å². The predicted molar refractivity (Wildman–Crippen MR) is 91.9 cm³/mol. The molecule has 0 unspecified atom stereocenters. The van der Waals surface area contributed by atoms with Crippen molar-refractivity contribution in [3.8, 4) is 17.2 Å². The van der Waals surface area contributed by atoms with Crippen molar-refractivity contribution >= 4 is 21.6 Å². The summed E-state index contributed by atoms with van der Waals surface area (Å²) < 4.78 is 38.5. The number of carbonyl (C=O) groups is 1. The summed E-state index contributed by atoms with van der Waals surface area (Å²) in [6, 6.07) is 8.53. The summed E-state index contributed by atoms with van der Waals surface area (Å²) in [4.78, 5) is 12.2. The third-order valence-corrected chi connectivity index (χ3v) is 4.26. The average Bonchev–Trinajstić information content (AvgIpc) is 2.60. The lowest BCUT2D eigenvalue weighted by Gasteiger charge is -2.14. The molecule has 0 bridgehead atoms. The van der Waals surface area contributed by atoms with Crippen molar-refractivity contribution in [2.24, 2.45) is 5.14 Å². The van der Waals surface area contributed by atoms with E-state index in [-0.39, 0.29) is 10.5 Å². The van der Waals surface area contributed by atoms with Gasteiger partial charge in [-0.1, -0.05) is 6.07 Å². The highest BCUT2D eigenvalue weighted by molar-refractivity contribution is 7.89. The molecule has 134 valence electrons. The van der Waals surface area contributed by atoms with E-state index in [1.54, 1.807) is 12.1 Å². The molecule has 0 aliphatic heterocycles. The van der Waals surface area contributed by atoms with E-state index in [2.05, 4.69) is 5.32 Å². The van der Waals surface area contributed by atoms with Gasteiger partial charge in [0.15, 0.2) is 11.5 Å². The van der Waals surface area contributed by atoms with Gasteiger partial charge >= 0.3 is 0 Å². The molecular weight excluding hydrogens is 348 g/mol. The summed E-state index contributed by atoms with van der Waals surface area (Å²) in [6.07, 6.45) is 0. The normalized spacial score (nSPS) is 10.9. The Hall–Kier alpha value is -2.78. The van der Waals surface area contributed by atoms with E-state index in [9.17, 15) is 13.2 Å². The number of benzene rings is 2. The largest absolute Gasteiger partial charge is 0.493 e. The van der Waals surface area contributed by atoms with Crippen LogP contribution in [0.3, 0.4) is 0 Å². The van der Waals surface area contributed by atoms with Gasteiger partial charge in [0.1, 0.15) is 0 Å². The zero-order chi connectivity index (χ0) is 18.6. The third-order valence-electron chi connectivity index (χ3n) is 3.35. The summed E-state index contributed by atoms with van der Waals surface area (Å²) >= 11 is 0. The Morgan fingerprint density at radius 3 is 2.08 bits per heavy atom. The number of carbonyl (C=O) groups excluding carboxylic acids is 1. The van der Waals surface area contributed by atoms with Gasteiger partial charge in [-0.3, -0.25) is 4.79 Å². The first-order chi connectivity index (χ1) is 11.8. The van der Waals surface area contributed by atoms with Gasteiger partial charge in [-0.25, -0.2) is 13.6 Å². The fourth-order valence-corrected chi connectivity index (χ4v) is 2.73. The summed E-state index contributed by atoms with van der Waals surface area (Å²) in [5, 5.41) is 7.73. The number of nitrogens with two attached hydrogens (primary N) is 1. The number of amides is 1. The molecule has 25 heavy (non-hydrogen) atoms. The lowest BCUT2D eigenvalue weighted by molar-refractivity contribution is 0.102. The average molecular weight is 366 g/mol. The van der Waals surface area contributed by atoms with E-state index in [1.165, 1.54) is 45.6 Å². The molecule has 2 aromatic carbocycles. The predicted octanol–water partition coefficient (Wildman–Crippen LogP) is 1.61. The van der Waals surface area contributed by atoms with Crippen molar-refractivity contribution in [3.63, 3.8) is 0 Å². The van der Waals surface area contributed by atoms with Crippen LogP contribution in [0.25, 0.3) is 0 Å². The van der Waals surface area contributed by atoms with E-state index in [0.717, 1.165) is 0 Å². The second-order valence-corrected chi connectivity index (χ2v) is 6.50. The lowest BCUT2D eigenvalue weighted by Crippen LogP contribution is -2.15. The highest BCUT2D eigenvalue weighted by atomic mass is 32.2. The van der Waals surface area contributed by atoms with Crippen LogP contribution in [-0.4, -0.2) is 35.7 Å². The van der Waals surface area contributed by atoms with Crippen molar-refractivity contribution in [1.29, 1.82) is 0 Å². The quantitative estimate of drug-likeness (QED) is 0.802. The number of hydrogen-bond acceptors (Lipinski definition) is 6. The number of rotatable bonds is 6. The van der Waals surface area contributed by atoms with E-state index in [0.29, 0.717) is 22.9 Å². The van der Waals surface area contributed by atoms with Crippen LogP contribution in [0.15, 0.2) is 41.3 Å². The smallest absolute Gasteiger partial charge is 0.255 e. The summed E-state index contributed by atoms with van der Waals surface area (Å²) in [6.45, 7) is 0. The highest BCUT2D eigenvalue weighted by Crippen LogP contribution is 2.40. The highest BCUT2D eigenvalue weighted by Gasteiger charge is 2.16. The van der Waals surface area contributed by atoms with Crippen molar-refractivity contribution in [2.75, 3.05) is 26.6 Å². The van der Waals surface area contributed by atoms with Crippen molar-refractivity contribution in [2.45, 2.75) is 4.90 Å². The van der Waals surface area contributed by atoms with Crippen molar-refractivity contribution in [1.82, 2.24) is 0 Å². The van der Waals surface area contributed by atoms with Crippen LogP contribution in [-0.2, 0) is 10.0 Å². The van der Waals surface area contributed by atoms with Gasteiger partial charge < -0.3 is 19.5 Å². The Balaban J connectivity index is 2.35. The molecular formula is C16H18N2O6S. The van der Waals surface area contributed by atoms with E-state index < -0.39 is 15.9 Å². The molecule has 0 aromatic heterocycles. The summed E-state index contributed by atoms with van der Waals surface area (Å²) in [5.41, 5.74) is 0.529. The van der Waals surface area contributed by atoms with Crippen LogP contribution >= 0.6 is 0 Å². The minimum atomic E-state index is -3.90. The minimum absolute atomic E-state index is 0.139. The SMILES string of the molecule is COc1cc(NC(=O)c2cccc(S(N)(=O)=O)c2)cc(OC)c1OC. The summed E-state index contributed by atoms with van der Waals surface area (Å²) in [5.74, 6) is 0.616. The third kappa shape index (κ3) is 4.20. The second-order valence-electron chi connectivity index (χ2n) is 4.94. The molecule has 0 radical (unpaired) electrons. The molecule has 0 saturated carbocycles. The molecule has 9 heteroatoms. The number of sulfonamides is 1. The Morgan fingerprint density at radius 2 is 1.60 bits per heavy atom. The van der Waals surface area contributed by atoms with Crippen LogP contribution < -0.4 is 24.7 Å². The van der Waals surface area contributed by atoms with Gasteiger partial charge in [-0.2, -0.15) is 0 Å². The van der Waals surface area contributed by atoms with Crippen LogP contribution in [0.4, 0.5) is 5.69 Å². The Kier molecular flexibility index (Phi) is 5.50. The fourth-order valence-electron chi connectivity index (χ4n) is 2.17. The number of hydrogen-bond donors (Lipinski definition) is 2. The molecule has 0 spiro atoms. The molecule has 0 heterocycles. The molecule has 0 fully saturated rings. The maximum absolute atomic E-state index is 12.4. The zero-order valence-corrected chi connectivity index (χ0v) is 14.7. The molecule has 8 nitrogen and oxygen atoms in total. The van der Waals surface area contributed by atoms with Gasteiger partial charge in [-0.15, -0.1) is 0 Å². The molecule has 3 N–H and O–H groups in total. The maximum atomic E-state index is 12.4. The number of nitrogens with one attached hydrogen (secondary N) is 1. The summed E-state index contributed by atoms with van der Waals surface area (Å²) in [7, 11) is 0.485. The van der Waals surface area contributed by atoms with E-state index >= 15 is 0 Å². The molecule has 2 rings (SSSR count).